The molecular formula is C26H44N4O6. The van der Waals surface area contributed by atoms with Crippen molar-refractivity contribution in [1.29, 1.82) is 0 Å². The summed E-state index contributed by atoms with van der Waals surface area (Å²) in [6.45, 7) is 11.3. The molecule has 4 saturated heterocycles. The molecular weight excluding hydrogens is 464 g/mol. The van der Waals surface area contributed by atoms with E-state index in [1.54, 1.807) is 4.90 Å². The summed E-state index contributed by atoms with van der Waals surface area (Å²) in [7, 11) is 0. The van der Waals surface area contributed by atoms with Crippen molar-refractivity contribution in [3.63, 3.8) is 0 Å². The Morgan fingerprint density at radius 2 is 1.81 bits per heavy atom. The van der Waals surface area contributed by atoms with E-state index in [9.17, 15) is 19.5 Å². The Balaban J connectivity index is 1.56. The highest BCUT2D eigenvalue weighted by Gasteiger charge is 2.79. The fraction of sp³-hybridized carbons (Fsp3) is 0.885. The van der Waals surface area contributed by atoms with Crippen LogP contribution >= 0.6 is 0 Å². The third kappa shape index (κ3) is 4.77. The monoisotopic (exact) mass is 508 g/mol. The zero-order chi connectivity index (χ0) is 25.9. The van der Waals surface area contributed by atoms with Crippen molar-refractivity contribution in [2.45, 2.75) is 70.1 Å². The van der Waals surface area contributed by atoms with E-state index in [2.05, 4.69) is 22.5 Å². The number of unbranched alkanes of at least 4 members (excludes halogenated alkanes) is 2. The third-order valence-corrected chi connectivity index (χ3v) is 8.78. The van der Waals surface area contributed by atoms with Crippen LogP contribution < -0.4 is 10.6 Å². The lowest BCUT2D eigenvalue weighted by Crippen LogP contribution is -2.56. The highest BCUT2D eigenvalue weighted by atomic mass is 16.5. The van der Waals surface area contributed by atoms with Crippen LogP contribution in [0.25, 0.3) is 0 Å². The summed E-state index contributed by atoms with van der Waals surface area (Å²) >= 11 is 0. The summed E-state index contributed by atoms with van der Waals surface area (Å²) in [4.78, 5) is 45.0. The Labute approximate surface area is 214 Å². The van der Waals surface area contributed by atoms with Gasteiger partial charge in [-0.15, -0.1) is 0 Å². The van der Waals surface area contributed by atoms with E-state index < -0.39 is 29.1 Å². The van der Waals surface area contributed by atoms with Gasteiger partial charge in [0, 0.05) is 45.9 Å². The van der Waals surface area contributed by atoms with Gasteiger partial charge in [0.05, 0.1) is 30.7 Å². The molecule has 204 valence electrons. The minimum atomic E-state index is -1.00. The Kier molecular flexibility index (Phi) is 8.59. The fourth-order valence-corrected chi connectivity index (χ4v) is 6.87. The van der Waals surface area contributed by atoms with E-state index in [0.717, 1.165) is 32.5 Å². The summed E-state index contributed by atoms with van der Waals surface area (Å²) < 4.78 is 12.1. The average Bonchev–Trinajstić information content (AvgIpc) is 3.37. The number of carbonyl (C=O) groups is 3. The summed E-state index contributed by atoms with van der Waals surface area (Å²) in [6, 6.07) is -0.762. The molecule has 4 heterocycles. The van der Waals surface area contributed by atoms with Crippen molar-refractivity contribution >= 4 is 17.7 Å². The van der Waals surface area contributed by atoms with Gasteiger partial charge in [-0.05, 0) is 44.9 Å². The summed E-state index contributed by atoms with van der Waals surface area (Å²) in [5, 5.41) is 15.2. The molecule has 3 amide bonds. The van der Waals surface area contributed by atoms with E-state index >= 15 is 0 Å². The molecule has 36 heavy (non-hydrogen) atoms. The van der Waals surface area contributed by atoms with Crippen LogP contribution in [-0.4, -0.2) is 109 Å². The first kappa shape index (κ1) is 27.3. The molecule has 3 unspecified atom stereocenters. The number of rotatable bonds is 12. The van der Waals surface area contributed by atoms with Gasteiger partial charge < -0.3 is 30.1 Å². The molecule has 0 aromatic carbocycles. The maximum atomic E-state index is 13.9. The van der Waals surface area contributed by atoms with E-state index in [1.807, 2.05) is 13.8 Å². The van der Waals surface area contributed by atoms with Crippen molar-refractivity contribution in [1.82, 2.24) is 20.4 Å². The number of fused-ring (bicyclic) bond motifs is 1. The molecule has 4 aliphatic heterocycles. The van der Waals surface area contributed by atoms with Crippen molar-refractivity contribution in [2.24, 2.45) is 17.8 Å². The smallest absolute Gasteiger partial charge is 0.245 e. The second-order valence-corrected chi connectivity index (χ2v) is 11.1. The van der Waals surface area contributed by atoms with Crippen LogP contribution in [0.4, 0.5) is 0 Å². The lowest BCUT2D eigenvalue weighted by Gasteiger charge is -2.36. The first-order valence-electron chi connectivity index (χ1n) is 13.8. The van der Waals surface area contributed by atoms with Crippen LogP contribution in [0.15, 0.2) is 0 Å². The minimum Gasteiger partial charge on any atom is -0.396 e. The maximum Gasteiger partial charge on any atom is 0.245 e. The number of carbonyl (C=O) groups excluding carboxylic acids is 3. The van der Waals surface area contributed by atoms with Crippen LogP contribution in [0.5, 0.6) is 0 Å². The molecule has 1 spiro atoms. The lowest BCUT2D eigenvalue weighted by molar-refractivity contribution is -0.147. The second-order valence-electron chi connectivity index (χ2n) is 11.1. The molecule has 3 N–H and O–H groups in total. The number of nitrogens with one attached hydrogen (secondary N) is 2. The van der Waals surface area contributed by atoms with Gasteiger partial charge in [0.25, 0.3) is 0 Å². The molecule has 10 nitrogen and oxygen atoms in total. The van der Waals surface area contributed by atoms with E-state index in [4.69, 9.17) is 9.47 Å². The molecule has 10 heteroatoms. The highest BCUT2D eigenvalue weighted by Crippen LogP contribution is 2.65. The molecule has 0 aliphatic carbocycles. The molecule has 4 fully saturated rings. The summed E-state index contributed by atoms with van der Waals surface area (Å²) in [5.41, 5.74) is -1.78. The van der Waals surface area contributed by atoms with Crippen LogP contribution in [0, 0.1) is 17.8 Å². The Hall–Kier alpha value is -1.75. The normalized spacial score (nSPS) is 35.8. The highest BCUT2D eigenvalue weighted by molar-refractivity contribution is 5.99. The Morgan fingerprint density at radius 3 is 2.50 bits per heavy atom. The van der Waals surface area contributed by atoms with Crippen LogP contribution in [0.3, 0.4) is 0 Å². The molecule has 2 bridgehead atoms. The number of hydrogen-bond acceptors (Lipinski definition) is 7. The van der Waals surface area contributed by atoms with Crippen molar-refractivity contribution in [2.75, 3.05) is 59.1 Å². The zero-order valence-corrected chi connectivity index (χ0v) is 22.1. The number of morpholine rings is 1. The van der Waals surface area contributed by atoms with Gasteiger partial charge in [-0.3, -0.25) is 19.3 Å². The largest absolute Gasteiger partial charge is 0.396 e. The summed E-state index contributed by atoms with van der Waals surface area (Å²) in [6.07, 6.45) is 3.48. The molecule has 0 saturated carbocycles. The third-order valence-electron chi connectivity index (χ3n) is 8.78. The zero-order valence-electron chi connectivity index (χ0n) is 22.1. The van der Waals surface area contributed by atoms with E-state index in [1.165, 1.54) is 0 Å². The standard InChI is InChI=1S/C26H44N4O6/c1-4-8-27-22(32)19-20-24(34)30(10-6-5-7-14-31)21(26(20)17-18(2)25(19,3)36-26)23(33)28-9-11-29-12-15-35-16-13-29/h18-21,31H,4-17H2,1-3H3,(H,27,32)(H,28,33)/t18?,19-,20+,21?,25+,26?/m1/s1. The van der Waals surface area contributed by atoms with Gasteiger partial charge in [0.1, 0.15) is 11.6 Å². The van der Waals surface area contributed by atoms with Gasteiger partial charge in [-0.1, -0.05) is 13.8 Å². The second kappa shape index (κ2) is 11.3. The summed E-state index contributed by atoms with van der Waals surface area (Å²) in [5.74, 6) is -1.75. The molecule has 6 atom stereocenters. The van der Waals surface area contributed by atoms with Crippen molar-refractivity contribution in [3.8, 4) is 0 Å². The number of ether oxygens (including phenoxy) is 2. The molecule has 4 aliphatic rings. The minimum absolute atomic E-state index is 0.0388. The number of likely N-dealkylation sites (tertiary alicyclic amines) is 1. The van der Waals surface area contributed by atoms with Crippen molar-refractivity contribution in [3.05, 3.63) is 0 Å². The Bertz CT molecular complexity index is 820. The van der Waals surface area contributed by atoms with E-state index in [0.29, 0.717) is 52.1 Å². The van der Waals surface area contributed by atoms with Crippen LogP contribution in [0.1, 0.15) is 52.9 Å². The fourth-order valence-electron chi connectivity index (χ4n) is 6.87. The van der Waals surface area contributed by atoms with Gasteiger partial charge in [0.15, 0.2) is 0 Å². The first-order chi connectivity index (χ1) is 17.3. The number of amides is 3. The topological polar surface area (TPSA) is 120 Å². The predicted molar refractivity (Wildman–Crippen MR) is 133 cm³/mol. The van der Waals surface area contributed by atoms with E-state index in [-0.39, 0.29) is 30.2 Å². The predicted octanol–water partition coefficient (Wildman–Crippen LogP) is 0.134. The van der Waals surface area contributed by atoms with Gasteiger partial charge >= 0.3 is 0 Å². The number of aliphatic hydroxyl groups excluding tert-OH is 1. The number of nitrogens with zero attached hydrogens (tertiary/aromatic N) is 2. The van der Waals surface area contributed by atoms with Gasteiger partial charge in [0.2, 0.25) is 17.7 Å². The first-order valence-corrected chi connectivity index (χ1v) is 13.8. The number of hydrogen-bond donors (Lipinski definition) is 3. The van der Waals surface area contributed by atoms with Crippen molar-refractivity contribution < 1.29 is 29.0 Å². The van der Waals surface area contributed by atoms with Gasteiger partial charge in [-0.2, -0.15) is 0 Å². The van der Waals surface area contributed by atoms with Crippen LogP contribution in [0.2, 0.25) is 0 Å². The molecule has 4 rings (SSSR count). The maximum absolute atomic E-state index is 13.9. The number of aliphatic hydroxyl groups is 1. The molecule has 0 aromatic rings. The Morgan fingerprint density at radius 1 is 1.08 bits per heavy atom. The SMILES string of the molecule is CCCNC(=O)[C@H]1[C@H]2C(=O)N(CCCCCO)C(C(=O)NCCN3CCOCC3)C23CC(C)[C@]1(C)O3. The lowest BCUT2D eigenvalue weighted by atomic mass is 9.62. The van der Waals surface area contributed by atoms with Crippen LogP contribution in [-0.2, 0) is 23.9 Å². The molecule has 0 radical (unpaired) electrons. The average molecular weight is 509 g/mol. The quantitative estimate of drug-likeness (QED) is 0.321. The van der Waals surface area contributed by atoms with Gasteiger partial charge in [-0.25, -0.2) is 0 Å². The molecule has 0 aromatic heterocycles.